The first-order chi connectivity index (χ1) is 18.3. The highest BCUT2D eigenvalue weighted by Crippen LogP contribution is 2.43. The Kier molecular flexibility index (Phi) is 7.40. The third kappa shape index (κ3) is 5.25. The summed E-state index contributed by atoms with van der Waals surface area (Å²) in [4.78, 5) is 18.0. The lowest BCUT2D eigenvalue weighted by molar-refractivity contribution is -0.113. The number of allylic oxidation sites excluding steroid dienone is 1. The molecule has 1 atom stereocenters. The van der Waals surface area contributed by atoms with Crippen LogP contribution in [0.4, 0.5) is 11.6 Å². The summed E-state index contributed by atoms with van der Waals surface area (Å²) < 4.78 is 14.2. The molecule has 0 fully saturated rings. The number of hydrogen-bond acceptors (Lipinski definition) is 6. The summed E-state index contributed by atoms with van der Waals surface area (Å²) >= 11 is 9.65. The Balaban J connectivity index is 1.51. The molecule has 0 bridgehead atoms. The van der Waals surface area contributed by atoms with Crippen molar-refractivity contribution < 1.29 is 14.3 Å². The maximum atomic E-state index is 13.6. The molecule has 0 saturated carbocycles. The van der Waals surface area contributed by atoms with Crippen molar-refractivity contribution in [2.24, 2.45) is 0 Å². The number of hydrogen-bond donors (Lipinski definition) is 2. The van der Waals surface area contributed by atoms with E-state index >= 15 is 0 Å². The highest BCUT2D eigenvalue weighted by atomic mass is 79.9. The quantitative estimate of drug-likeness (QED) is 0.253. The maximum Gasteiger partial charge on any atom is 0.255 e. The third-order valence-electron chi connectivity index (χ3n) is 6.18. The largest absolute Gasteiger partial charge is 0.493 e. The molecule has 2 N–H and O–H groups in total. The van der Waals surface area contributed by atoms with Crippen molar-refractivity contribution >= 4 is 45.1 Å². The Bertz CT molecular complexity index is 1530. The van der Waals surface area contributed by atoms with Gasteiger partial charge >= 0.3 is 0 Å². The first-order valence-corrected chi connectivity index (χ1v) is 13.0. The molecule has 5 rings (SSSR count). The van der Waals surface area contributed by atoms with Crippen LogP contribution >= 0.6 is 27.5 Å². The van der Waals surface area contributed by atoms with Crippen LogP contribution in [0.2, 0.25) is 5.02 Å². The van der Waals surface area contributed by atoms with Crippen molar-refractivity contribution in [1.82, 2.24) is 14.8 Å². The molecular formula is C28H25BrClN5O3. The number of nitrogens with zero attached hydrogens (tertiary/aromatic N) is 3. The number of fused-ring (bicyclic) bond motifs is 1. The molecule has 3 aromatic carbocycles. The molecule has 2 heterocycles. The standard InChI is InChI=1S/C28H25BrClN5O3/c1-16-5-4-6-21(11-16)34-27(36)24-17(2)33-28-31-15-32-35(28)25(24)19-12-22(29)26(23(13-19)37-3)38-14-18-7-9-20(30)10-8-18/h4-13,15,25H,14H2,1-3H3,(H,34,36)(H,31,32,33). The molecule has 0 saturated heterocycles. The number of carbonyl (C=O) groups is 1. The van der Waals surface area contributed by atoms with E-state index in [9.17, 15) is 4.79 Å². The van der Waals surface area contributed by atoms with Crippen molar-refractivity contribution in [2.75, 3.05) is 17.7 Å². The fourth-order valence-corrected chi connectivity index (χ4v) is 5.09. The van der Waals surface area contributed by atoms with Gasteiger partial charge in [-0.3, -0.25) is 4.79 Å². The van der Waals surface area contributed by atoms with Gasteiger partial charge in [-0.1, -0.05) is 35.9 Å². The van der Waals surface area contributed by atoms with E-state index < -0.39 is 6.04 Å². The molecule has 1 aliphatic heterocycles. The Morgan fingerprint density at radius 3 is 2.68 bits per heavy atom. The molecule has 8 nitrogen and oxygen atoms in total. The monoisotopic (exact) mass is 593 g/mol. The van der Waals surface area contributed by atoms with Gasteiger partial charge in [0.05, 0.1) is 17.2 Å². The topological polar surface area (TPSA) is 90.3 Å². The van der Waals surface area contributed by atoms with Gasteiger partial charge < -0.3 is 20.1 Å². The number of halogens is 2. The summed E-state index contributed by atoms with van der Waals surface area (Å²) in [7, 11) is 1.58. The van der Waals surface area contributed by atoms with Crippen molar-refractivity contribution in [1.29, 1.82) is 0 Å². The van der Waals surface area contributed by atoms with E-state index in [0.717, 1.165) is 16.7 Å². The minimum absolute atomic E-state index is 0.245. The molecule has 0 aliphatic carbocycles. The van der Waals surface area contributed by atoms with Crippen LogP contribution in [-0.4, -0.2) is 27.8 Å². The second-order valence-electron chi connectivity index (χ2n) is 8.87. The fraction of sp³-hybridized carbons (Fsp3) is 0.179. The number of aromatic nitrogens is 3. The molecule has 1 aromatic heterocycles. The van der Waals surface area contributed by atoms with E-state index in [1.165, 1.54) is 6.33 Å². The number of amides is 1. The zero-order valence-electron chi connectivity index (χ0n) is 21.0. The number of rotatable bonds is 7. The molecule has 1 aliphatic rings. The second-order valence-corrected chi connectivity index (χ2v) is 10.2. The number of aryl methyl sites for hydroxylation is 1. The van der Waals surface area contributed by atoms with E-state index in [-0.39, 0.29) is 5.91 Å². The average Bonchev–Trinajstić information content (AvgIpc) is 3.35. The molecule has 10 heteroatoms. The number of ether oxygens (including phenoxy) is 2. The number of benzene rings is 3. The Morgan fingerprint density at radius 1 is 1.16 bits per heavy atom. The number of carbonyl (C=O) groups excluding carboxylic acids is 1. The number of anilines is 2. The highest BCUT2D eigenvalue weighted by Gasteiger charge is 2.34. The summed E-state index contributed by atoms with van der Waals surface area (Å²) in [6.45, 7) is 4.16. The predicted molar refractivity (Wildman–Crippen MR) is 151 cm³/mol. The molecular weight excluding hydrogens is 570 g/mol. The van der Waals surface area contributed by atoms with Crippen molar-refractivity contribution in [3.05, 3.63) is 104 Å². The van der Waals surface area contributed by atoms with E-state index in [4.69, 9.17) is 21.1 Å². The molecule has 38 heavy (non-hydrogen) atoms. The smallest absolute Gasteiger partial charge is 0.255 e. The van der Waals surface area contributed by atoms with Gasteiger partial charge in [-0.2, -0.15) is 10.1 Å². The SMILES string of the molecule is COc1cc(C2C(C(=O)Nc3cccc(C)c3)=C(C)Nc3ncnn32)cc(Br)c1OCc1ccc(Cl)cc1. The molecule has 1 unspecified atom stereocenters. The highest BCUT2D eigenvalue weighted by molar-refractivity contribution is 9.10. The lowest BCUT2D eigenvalue weighted by atomic mass is 9.94. The van der Waals surface area contributed by atoms with Crippen LogP contribution in [0, 0.1) is 6.92 Å². The summed E-state index contributed by atoms with van der Waals surface area (Å²) in [5.41, 5.74) is 4.68. The maximum absolute atomic E-state index is 13.6. The van der Waals surface area contributed by atoms with Crippen LogP contribution in [-0.2, 0) is 11.4 Å². The zero-order chi connectivity index (χ0) is 26.8. The molecule has 4 aromatic rings. The van der Waals surface area contributed by atoms with Crippen molar-refractivity contribution in [3.63, 3.8) is 0 Å². The Labute approximate surface area is 233 Å². The number of nitrogens with one attached hydrogen (secondary N) is 2. The lowest BCUT2D eigenvalue weighted by Gasteiger charge is -2.29. The van der Waals surface area contributed by atoms with Crippen LogP contribution in [0.1, 0.15) is 29.7 Å². The van der Waals surface area contributed by atoms with E-state index in [0.29, 0.717) is 50.5 Å². The van der Waals surface area contributed by atoms with E-state index in [1.807, 2.05) is 74.5 Å². The van der Waals surface area contributed by atoms with Crippen LogP contribution in [0.25, 0.3) is 0 Å². The predicted octanol–water partition coefficient (Wildman–Crippen LogP) is 6.52. The van der Waals surface area contributed by atoms with E-state index in [1.54, 1.807) is 11.8 Å². The summed E-state index contributed by atoms with van der Waals surface area (Å²) in [6.07, 6.45) is 1.46. The van der Waals surface area contributed by atoms with Gasteiger partial charge in [0.25, 0.3) is 5.91 Å². The first-order valence-electron chi connectivity index (χ1n) is 11.8. The molecule has 194 valence electrons. The van der Waals surface area contributed by atoms with Gasteiger partial charge in [0.1, 0.15) is 19.0 Å². The van der Waals surface area contributed by atoms with Crippen molar-refractivity contribution in [3.8, 4) is 11.5 Å². The van der Waals surface area contributed by atoms with Crippen LogP contribution in [0.5, 0.6) is 11.5 Å². The lowest BCUT2D eigenvalue weighted by Crippen LogP contribution is -2.31. The molecule has 1 amide bonds. The zero-order valence-corrected chi connectivity index (χ0v) is 23.3. The Morgan fingerprint density at radius 2 is 1.95 bits per heavy atom. The minimum atomic E-state index is -0.561. The van der Waals surface area contributed by atoms with Gasteiger partial charge in [0.15, 0.2) is 11.5 Å². The second kappa shape index (κ2) is 10.9. The first kappa shape index (κ1) is 25.8. The van der Waals surface area contributed by atoms with Gasteiger partial charge in [0, 0.05) is 16.4 Å². The number of methoxy groups -OCH3 is 1. The van der Waals surface area contributed by atoms with Gasteiger partial charge in [-0.25, -0.2) is 4.68 Å². The summed E-state index contributed by atoms with van der Waals surface area (Å²) in [5, 5.41) is 11.3. The third-order valence-corrected chi connectivity index (χ3v) is 7.02. The van der Waals surface area contributed by atoms with Gasteiger partial charge in [0.2, 0.25) is 5.95 Å². The molecule has 0 spiro atoms. The van der Waals surface area contributed by atoms with Gasteiger partial charge in [-0.15, -0.1) is 0 Å². The van der Waals surface area contributed by atoms with Crippen molar-refractivity contribution in [2.45, 2.75) is 26.5 Å². The van der Waals surface area contributed by atoms with Crippen LogP contribution in [0.3, 0.4) is 0 Å². The minimum Gasteiger partial charge on any atom is -0.493 e. The normalized spacial score (nSPS) is 14.5. The summed E-state index contributed by atoms with van der Waals surface area (Å²) in [6, 6.07) is 18.3. The average molecular weight is 595 g/mol. The van der Waals surface area contributed by atoms with Crippen LogP contribution in [0.15, 0.2) is 82.7 Å². The van der Waals surface area contributed by atoms with E-state index in [2.05, 4.69) is 36.6 Å². The Hall–Kier alpha value is -3.82. The van der Waals surface area contributed by atoms with Gasteiger partial charge in [-0.05, 0) is 82.9 Å². The summed E-state index contributed by atoms with van der Waals surface area (Å²) in [5.74, 6) is 1.35. The fourth-order valence-electron chi connectivity index (χ4n) is 4.39. The molecule has 0 radical (unpaired) electrons. The van der Waals surface area contributed by atoms with Crippen LogP contribution < -0.4 is 20.1 Å².